The number of hydrogen-bond donors (Lipinski definition) is 2. The van der Waals surface area contributed by atoms with Gasteiger partial charge in [0.15, 0.2) is 0 Å². The molecule has 0 saturated carbocycles. The van der Waals surface area contributed by atoms with Crippen LogP contribution in [-0.4, -0.2) is 56.1 Å². The van der Waals surface area contributed by atoms with Crippen molar-refractivity contribution < 1.29 is 18.7 Å². The molecule has 1 saturated heterocycles. The highest BCUT2D eigenvalue weighted by Gasteiger charge is 2.36. The molecule has 1 aromatic carbocycles. The quantitative estimate of drug-likeness (QED) is 0.749. The number of hydrogen-bond acceptors (Lipinski definition) is 4. The lowest BCUT2D eigenvalue weighted by atomic mass is 9.91. The predicted octanol–water partition coefficient (Wildman–Crippen LogP) is 1.89. The molecule has 0 atom stereocenters. The van der Waals surface area contributed by atoms with Crippen molar-refractivity contribution in [2.45, 2.75) is 13.8 Å². The van der Waals surface area contributed by atoms with Crippen molar-refractivity contribution in [2.75, 3.05) is 44.7 Å². The third-order valence-corrected chi connectivity index (χ3v) is 4.42. The number of anilines is 1. The van der Waals surface area contributed by atoms with E-state index in [0.717, 1.165) is 19.2 Å². The maximum Gasteiger partial charge on any atom is 0.239 e. The van der Waals surface area contributed by atoms with E-state index < -0.39 is 17.1 Å². The summed E-state index contributed by atoms with van der Waals surface area (Å²) in [6, 6.07) is 3.86. The van der Waals surface area contributed by atoms with E-state index in [4.69, 9.17) is 16.3 Å². The topological polar surface area (TPSA) is 70.7 Å². The van der Waals surface area contributed by atoms with Crippen LogP contribution in [0.15, 0.2) is 18.2 Å². The Labute approximate surface area is 151 Å². The second-order valence-corrected chi connectivity index (χ2v) is 6.83. The van der Waals surface area contributed by atoms with E-state index in [0.29, 0.717) is 32.0 Å². The number of carbonyl (C=O) groups excluding carboxylic acids is 2. The molecule has 0 aromatic heterocycles. The fraction of sp³-hybridized carbons (Fsp3) is 0.529. The smallest absolute Gasteiger partial charge is 0.239 e. The third-order valence-electron chi connectivity index (χ3n) is 4.13. The Morgan fingerprint density at radius 2 is 1.96 bits per heavy atom. The molecule has 2 rings (SSSR count). The average molecular weight is 372 g/mol. The largest absolute Gasteiger partial charge is 0.379 e. The number of halogens is 2. The fourth-order valence-electron chi connectivity index (χ4n) is 2.34. The summed E-state index contributed by atoms with van der Waals surface area (Å²) < 4.78 is 18.4. The van der Waals surface area contributed by atoms with Crippen LogP contribution >= 0.6 is 11.6 Å². The number of ether oxygens (including phenoxy) is 1. The lowest BCUT2D eigenvalue weighted by Gasteiger charge is -2.27. The third kappa shape index (κ3) is 5.39. The van der Waals surface area contributed by atoms with E-state index in [1.54, 1.807) is 0 Å². The summed E-state index contributed by atoms with van der Waals surface area (Å²) >= 11 is 5.70. The van der Waals surface area contributed by atoms with Crippen molar-refractivity contribution >= 4 is 29.1 Å². The van der Waals surface area contributed by atoms with Gasteiger partial charge in [0.25, 0.3) is 0 Å². The first-order valence-corrected chi connectivity index (χ1v) is 8.53. The molecule has 0 radical (unpaired) electrons. The molecule has 6 nitrogen and oxygen atoms in total. The number of benzene rings is 1. The van der Waals surface area contributed by atoms with Gasteiger partial charge in [0.1, 0.15) is 11.2 Å². The van der Waals surface area contributed by atoms with E-state index in [-0.39, 0.29) is 10.9 Å². The average Bonchev–Trinajstić information content (AvgIpc) is 2.59. The summed E-state index contributed by atoms with van der Waals surface area (Å²) in [6.07, 6.45) is 0. The zero-order valence-electron chi connectivity index (χ0n) is 14.4. The monoisotopic (exact) mass is 371 g/mol. The Balaban J connectivity index is 1.85. The minimum Gasteiger partial charge on any atom is -0.379 e. The molecule has 0 unspecified atom stereocenters. The van der Waals surface area contributed by atoms with E-state index >= 15 is 0 Å². The minimum absolute atomic E-state index is 0.0921. The second kappa shape index (κ2) is 8.60. The zero-order valence-corrected chi connectivity index (χ0v) is 15.2. The van der Waals surface area contributed by atoms with Crippen molar-refractivity contribution in [1.29, 1.82) is 0 Å². The van der Waals surface area contributed by atoms with E-state index in [2.05, 4.69) is 15.5 Å². The summed E-state index contributed by atoms with van der Waals surface area (Å²) in [4.78, 5) is 27.0. The van der Waals surface area contributed by atoms with Gasteiger partial charge >= 0.3 is 0 Å². The van der Waals surface area contributed by atoms with Gasteiger partial charge in [-0.1, -0.05) is 11.6 Å². The summed E-state index contributed by atoms with van der Waals surface area (Å²) in [6.45, 7) is 7.31. The van der Waals surface area contributed by atoms with Crippen LogP contribution in [0.5, 0.6) is 0 Å². The molecule has 8 heteroatoms. The molecule has 1 heterocycles. The summed E-state index contributed by atoms with van der Waals surface area (Å²) in [5, 5.41) is 5.29. The molecular formula is C17H23ClFN3O3. The van der Waals surface area contributed by atoms with Crippen LogP contribution in [0.25, 0.3) is 0 Å². The Kier molecular flexibility index (Phi) is 6.75. The molecule has 2 N–H and O–H groups in total. The van der Waals surface area contributed by atoms with Crippen LogP contribution < -0.4 is 10.6 Å². The van der Waals surface area contributed by atoms with Crippen LogP contribution in [0.2, 0.25) is 5.02 Å². The number of rotatable bonds is 6. The molecule has 1 aliphatic rings. The number of carbonyl (C=O) groups is 2. The normalized spacial score (nSPS) is 15.7. The van der Waals surface area contributed by atoms with Gasteiger partial charge in [-0.05, 0) is 32.0 Å². The van der Waals surface area contributed by atoms with Crippen molar-refractivity contribution in [1.82, 2.24) is 10.2 Å². The first kappa shape index (κ1) is 19.6. The van der Waals surface area contributed by atoms with Gasteiger partial charge in [-0.2, -0.15) is 0 Å². The summed E-state index contributed by atoms with van der Waals surface area (Å²) in [5.41, 5.74) is -0.933. The van der Waals surface area contributed by atoms with Crippen LogP contribution in [-0.2, 0) is 14.3 Å². The molecule has 2 amide bonds. The number of amides is 2. The zero-order chi connectivity index (χ0) is 18.4. The Morgan fingerprint density at radius 1 is 1.28 bits per heavy atom. The number of nitrogens with zero attached hydrogens (tertiary/aromatic N) is 1. The van der Waals surface area contributed by atoms with Gasteiger partial charge in [-0.25, -0.2) is 4.39 Å². The van der Waals surface area contributed by atoms with Crippen molar-refractivity contribution in [3.05, 3.63) is 29.0 Å². The Bertz CT molecular complexity index is 634. The maximum atomic E-state index is 13.2. The van der Waals surface area contributed by atoms with Gasteiger partial charge in [-0.15, -0.1) is 0 Å². The van der Waals surface area contributed by atoms with Gasteiger partial charge in [0, 0.05) is 31.9 Å². The van der Waals surface area contributed by atoms with Crippen molar-refractivity contribution in [3.63, 3.8) is 0 Å². The highest BCUT2D eigenvalue weighted by atomic mass is 35.5. The molecule has 1 aliphatic heterocycles. The van der Waals surface area contributed by atoms with Gasteiger partial charge in [-0.3, -0.25) is 14.5 Å². The molecule has 1 fully saturated rings. The van der Waals surface area contributed by atoms with Gasteiger partial charge < -0.3 is 15.4 Å². The highest BCUT2D eigenvalue weighted by molar-refractivity contribution is 6.31. The molecule has 0 spiro atoms. The minimum atomic E-state index is -1.27. The van der Waals surface area contributed by atoms with E-state index in [1.807, 2.05) is 0 Å². The Hall–Kier alpha value is -1.70. The van der Waals surface area contributed by atoms with Gasteiger partial charge in [0.2, 0.25) is 11.8 Å². The SMILES string of the molecule is CC(C)(C(=O)NCCN1CCOCC1)C(=O)Nc1ccc(F)c(Cl)c1. The van der Waals surface area contributed by atoms with Crippen LogP contribution in [0.1, 0.15) is 13.8 Å². The van der Waals surface area contributed by atoms with Crippen LogP contribution in [0, 0.1) is 11.2 Å². The molecule has 25 heavy (non-hydrogen) atoms. The van der Waals surface area contributed by atoms with Crippen LogP contribution in [0.4, 0.5) is 10.1 Å². The second-order valence-electron chi connectivity index (χ2n) is 6.42. The fourth-order valence-corrected chi connectivity index (χ4v) is 2.52. The Morgan fingerprint density at radius 3 is 2.60 bits per heavy atom. The van der Waals surface area contributed by atoms with Crippen molar-refractivity contribution in [3.8, 4) is 0 Å². The standard InChI is InChI=1S/C17H23ClFN3O3/c1-17(2,15(23)20-5-6-22-7-9-25-10-8-22)16(24)21-12-3-4-14(19)13(18)11-12/h3-4,11H,5-10H2,1-2H3,(H,20,23)(H,21,24). The first-order valence-electron chi connectivity index (χ1n) is 8.15. The lowest BCUT2D eigenvalue weighted by Crippen LogP contribution is -2.48. The molecule has 1 aromatic rings. The van der Waals surface area contributed by atoms with E-state index in [1.165, 1.54) is 26.0 Å². The lowest BCUT2D eigenvalue weighted by molar-refractivity contribution is -0.138. The first-order chi connectivity index (χ1) is 11.8. The van der Waals surface area contributed by atoms with E-state index in [9.17, 15) is 14.0 Å². The molecule has 138 valence electrons. The summed E-state index contributed by atoms with van der Waals surface area (Å²) in [7, 11) is 0. The predicted molar refractivity (Wildman–Crippen MR) is 94.1 cm³/mol. The summed E-state index contributed by atoms with van der Waals surface area (Å²) in [5.74, 6) is -1.43. The van der Waals surface area contributed by atoms with Gasteiger partial charge in [0.05, 0.1) is 18.2 Å². The molecule has 0 bridgehead atoms. The van der Waals surface area contributed by atoms with Crippen molar-refractivity contribution in [2.24, 2.45) is 5.41 Å². The highest BCUT2D eigenvalue weighted by Crippen LogP contribution is 2.23. The van der Waals surface area contributed by atoms with Crippen LogP contribution in [0.3, 0.4) is 0 Å². The molecule has 0 aliphatic carbocycles. The number of nitrogens with one attached hydrogen (secondary N) is 2. The maximum absolute atomic E-state index is 13.2. The number of morpholine rings is 1. The molecular weight excluding hydrogens is 349 g/mol.